The molecule has 0 bridgehead atoms. The highest BCUT2D eigenvalue weighted by Crippen LogP contribution is 2.10. The minimum atomic E-state index is -1.07. The molecule has 0 aliphatic heterocycles. The summed E-state index contributed by atoms with van der Waals surface area (Å²) in [4.78, 5) is 32.6. The van der Waals surface area contributed by atoms with Gasteiger partial charge in [-0.1, -0.05) is 13.5 Å². The average molecular weight is 214 g/mol. The lowest BCUT2D eigenvalue weighted by atomic mass is 10.0. The number of carbonyl (C=O) groups is 3. The monoisotopic (exact) mass is 214 g/mol. The molecule has 0 aromatic heterocycles. The summed E-state index contributed by atoms with van der Waals surface area (Å²) in [5, 5.41) is 8.66. The maximum atomic E-state index is 11.1. The Balaban J connectivity index is 4.19. The van der Waals surface area contributed by atoms with E-state index in [0.717, 1.165) is 0 Å². The van der Waals surface area contributed by atoms with E-state index >= 15 is 0 Å². The van der Waals surface area contributed by atoms with Crippen molar-refractivity contribution in [2.24, 2.45) is 5.92 Å². The largest absolute Gasteiger partial charge is 0.481 e. The molecule has 0 heterocycles. The third-order valence-electron chi connectivity index (χ3n) is 1.81. The molecule has 0 radical (unpaired) electrons. The second kappa shape index (κ2) is 5.95. The Morgan fingerprint density at radius 3 is 2.27 bits per heavy atom. The highest BCUT2D eigenvalue weighted by molar-refractivity contribution is 5.95. The van der Waals surface area contributed by atoms with Crippen molar-refractivity contribution in [3.63, 3.8) is 0 Å². The zero-order chi connectivity index (χ0) is 12.0. The highest BCUT2D eigenvalue weighted by Gasteiger charge is 2.21. The van der Waals surface area contributed by atoms with Crippen molar-refractivity contribution >= 4 is 17.9 Å². The van der Waals surface area contributed by atoms with Gasteiger partial charge in [0.15, 0.2) is 0 Å². The number of carboxylic acid groups (broad SMARTS) is 1. The lowest BCUT2D eigenvalue weighted by Crippen LogP contribution is -2.21. The van der Waals surface area contributed by atoms with E-state index in [2.05, 4.69) is 11.3 Å². The number of aliphatic carboxylic acids is 1. The molecular formula is C10H14O5. The van der Waals surface area contributed by atoms with Gasteiger partial charge >= 0.3 is 17.9 Å². The van der Waals surface area contributed by atoms with Crippen molar-refractivity contribution in [3.05, 3.63) is 12.2 Å². The van der Waals surface area contributed by atoms with Crippen molar-refractivity contribution in [3.8, 4) is 0 Å². The van der Waals surface area contributed by atoms with Gasteiger partial charge in [0, 0.05) is 5.57 Å². The zero-order valence-electron chi connectivity index (χ0n) is 8.78. The third-order valence-corrected chi connectivity index (χ3v) is 1.81. The molecule has 0 spiro atoms. The maximum absolute atomic E-state index is 11.1. The van der Waals surface area contributed by atoms with E-state index in [0.29, 0.717) is 6.42 Å². The number of carbonyl (C=O) groups excluding carboxylic acids is 2. The normalized spacial score (nSPS) is 11.6. The van der Waals surface area contributed by atoms with Crippen LogP contribution in [0.2, 0.25) is 0 Å². The Morgan fingerprint density at radius 1 is 1.40 bits per heavy atom. The maximum Gasteiger partial charge on any atom is 0.340 e. The Morgan fingerprint density at radius 2 is 1.93 bits per heavy atom. The van der Waals surface area contributed by atoms with E-state index in [1.807, 2.05) is 0 Å². The number of hydrogen-bond donors (Lipinski definition) is 1. The first kappa shape index (κ1) is 13.4. The second-order valence-corrected chi connectivity index (χ2v) is 3.19. The molecule has 0 saturated heterocycles. The van der Waals surface area contributed by atoms with Crippen LogP contribution in [0.3, 0.4) is 0 Å². The van der Waals surface area contributed by atoms with Gasteiger partial charge in [0.25, 0.3) is 0 Å². The van der Waals surface area contributed by atoms with Crippen LogP contribution in [-0.4, -0.2) is 23.0 Å². The first-order valence-corrected chi connectivity index (χ1v) is 4.51. The smallest absolute Gasteiger partial charge is 0.340 e. The van der Waals surface area contributed by atoms with Crippen LogP contribution in [0, 0.1) is 5.92 Å². The standard InChI is InChI=1S/C10H14O5/c1-4-7(9(12)13)5-8(11)15-10(14)6(2)3/h7H,2,4-5H2,1,3H3,(H,12,13). The molecule has 0 aliphatic carbocycles. The van der Waals surface area contributed by atoms with E-state index in [4.69, 9.17) is 5.11 Å². The van der Waals surface area contributed by atoms with Gasteiger partial charge in [-0.05, 0) is 13.3 Å². The van der Waals surface area contributed by atoms with Gasteiger partial charge in [0.1, 0.15) is 0 Å². The number of hydrogen-bond acceptors (Lipinski definition) is 4. The lowest BCUT2D eigenvalue weighted by molar-refractivity contribution is -0.160. The van der Waals surface area contributed by atoms with Crippen LogP contribution in [0.15, 0.2) is 12.2 Å². The first-order chi connectivity index (χ1) is 6.88. The quantitative estimate of drug-likeness (QED) is 0.421. The Labute approximate surface area is 87.7 Å². The van der Waals surface area contributed by atoms with Gasteiger partial charge in [0.2, 0.25) is 0 Å². The molecule has 0 fully saturated rings. The van der Waals surface area contributed by atoms with Gasteiger partial charge < -0.3 is 9.84 Å². The van der Waals surface area contributed by atoms with Gasteiger partial charge in [-0.2, -0.15) is 0 Å². The Kier molecular flexibility index (Phi) is 5.30. The van der Waals surface area contributed by atoms with Crippen molar-refractivity contribution in [1.82, 2.24) is 0 Å². The molecule has 5 nitrogen and oxygen atoms in total. The van der Waals surface area contributed by atoms with E-state index in [-0.39, 0.29) is 12.0 Å². The minimum absolute atomic E-state index is 0.103. The summed E-state index contributed by atoms with van der Waals surface area (Å²) < 4.78 is 4.35. The number of rotatable bonds is 5. The lowest BCUT2D eigenvalue weighted by Gasteiger charge is -2.08. The van der Waals surface area contributed by atoms with Crippen molar-refractivity contribution in [2.75, 3.05) is 0 Å². The Bertz CT molecular complexity index is 292. The summed E-state index contributed by atoms with van der Waals surface area (Å²) in [6.45, 7) is 6.35. The van der Waals surface area contributed by atoms with Crippen molar-refractivity contribution in [1.29, 1.82) is 0 Å². The number of esters is 2. The predicted octanol–water partition coefficient (Wildman–Crippen LogP) is 1.13. The van der Waals surface area contributed by atoms with Crippen LogP contribution >= 0.6 is 0 Å². The topological polar surface area (TPSA) is 80.7 Å². The summed E-state index contributed by atoms with van der Waals surface area (Å²) in [6.07, 6.45) is 0.0105. The predicted molar refractivity (Wildman–Crippen MR) is 51.9 cm³/mol. The molecule has 1 N–H and O–H groups in total. The van der Waals surface area contributed by atoms with Crippen LogP contribution in [-0.2, 0) is 19.1 Å². The van der Waals surface area contributed by atoms with E-state index in [9.17, 15) is 14.4 Å². The number of ether oxygens (including phenoxy) is 1. The molecule has 84 valence electrons. The van der Waals surface area contributed by atoms with E-state index in [1.54, 1.807) is 6.92 Å². The molecule has 0 amide bonds. The van der Waals surface area contributed by atoms with Crippen LogP contribution < -0.4 is 0 Å². The van der Waals surface area contributed by atoms with E-state index < -0.39 is 23.8 Å². The first-order valence-electron chi connectivity index (χ1n) is 4.51. The highest BCUT2D eigenvalue weighted by atomic mass is 16.6. The summed E-state index contributed by atoms with van der Waals surface area (Å²) >= 11 is 0. The van der Waals surface area contributed by atoms with Gasteiger partial charge in [-0.15, -0.1) is 0 Å². The fourth-order valence-electron chi connectivity index (χ4n) is 0.840. The van der Waals surface area contributed by atoms with Crippen LogP contribution in [0.25, 0.3) is 0 Å². The molecule has 1 unspecified atom stereocenters. The molecule has 0 rings (SSSR count). The van der Waals surface area contributed by atoms with Crippen LogP contribution in [0.5, 0.6) is 0 Å². The van der Waals surface area contributed by atoms with Gasteiger partial charge in [0.05, 0.1) is 12.3 Å². The van der Waals surface area contributed by atoms with Gasteiger partial charge in [-0.25, -0.2) is 4.79 Å². The molecule has 0 aliphatic rings. The Hall–Kier alpha value is -1.65. The molecule has 1 atom stereocenters. The fraction of sp³-hybridized carbons (Fsp3) is 0.500. The number of carboxylic acids is 1. The van der Waals surface area contributed by atoms with Crippen LogP contribution in [0.1, 0.15) is 26.7 Å². The SMILES string of the molecule is C=C(C)C(=O)OC(=O)CC(CC)C(=O)O. The summed E-state index contributed by atoms with van der Waals surface area (Å²) in [5.74, 6) is -3.54. The van der Waals surface area contributed by atoms with Crippen LogP contribution in [0.4, 0.5) is 0 Å². The molecule has 5 heteroatoms. The molecule has 0 aromatic rings. The zero-order valence-corrected chi connectivity index (χ0v) is 8.78. The molecule has 15 heavy (non-hydrogen) atoms. The van der Waals surface area contributed by atoms with Gasteiger partial charge in [-0.3, -0.25) is 9.59 Å². The third kappa shape index (κ3) is 4.95. The molecule has 0 aromatic carbocycles. The summed E-state index contributed by atoms with van der Waals surface area (Å²) in [7, 11) is 0. The summed E-state index contributed by atoms with van der Waals surface area (Å²) in [5.41, 5.74) is 0.103. The van der Waals surface area contributed by atoms with E-state index in [1.165, 1.54) is 6.92 Å². The molecule has 0 saturated carbocycles. The average Bonchev–Trinajstić information content (AvgIpc) is 2.13. The van der Waals surface area contributed by atoms with Crippen molar-refractivity contribution in [2.45, 2.75) is 26.7 Å². The summed E-state index contributed by atoms with van der Waals surface area (Å²) in [6, 6.07) is 0. The van der Waals surface area contributed by atoms with Crippen molar-refractivity contribution < 1.29 is 24.2 Å². The molecular weight excluding hydrogens is 200 g/mol. The fourth-order valence-corrected chi connectivity index (χ4v) is 0.840. The minimum Gasteiger partial charge on any atom is -0.481 e. The second-order valence-electron chi connectivity index (χ2n) is 3.19.